The molecule has 0 bridgehead atoms. The minimum atomic E-state index is 0.561. The van der Waals surface area contributed by atoms with Crippen LogP contribution in [-0.4, -0.2) is 19.7 Å². The maximum Gasteiger partial charge on any atom is 0.173 e. The number of aryl methyl sites for hydroxylation is 2. The predicted molar refractivity (Wildman–Crippen MR) is 55.9 cm³/mol. The van der Waals surface area contributed by atoms with Crippen LogP contribution in [0.15, 0.2) is 18.7 Å². The van der Waals surface area contributed by atoms with Gasteiger partial charge in [-0.1, -0.05) is 0 Å². The molecule has 0 saturated carbocycles. The third-order valence-electron chi connectivity index (χ3n) is 2.79. The van der Waals surface area contributed by atoms with Gasteiger partial charge in [-0.25, -0.2) is 14.6 Å². The number of pyridine rings is 1. The highest BCUT2D eigenvalue weighted by Crippen LogP contribution is 2.23. The van der Waals surface area contributed by atoms with E-state index in [1.807, 2.05) is 6.07 Å². The van der Waals surface area contributed by atoms with Crippen molar-refractivity contribution in [1.29, 1.82) is 5.26 Å². The summed E-state index contributed by atoms with van der Waals surface area (Å²) in [6.07, 6.45) is 6.13. The van der Waals surface area contributed by atoms with Crippen LogP contribution in [0.3, 0.4) is 0 Å². The van der Waals surface area contributed by atoms with Gasteiger partial charge in [-0.05, 0) is 30.9 Å². The van der Waals surface area contributed by atoms with Crippen molar-refractivity contribution in [3.05, 3.63) is 35.5 Å². The van der Waals surface area contributed by atoms with Gasteiger partial charge >= 0.3 is 0 Å². The molecule has 16 heavy (non-hydrogen) atoms. The van der Waals surface area contributed by atoms with Crippen LogP contribution in [0.5, 0.6) is 0 Å². The molecule has 0 amide bonds. The Hall–Kier alpha value is -2.22. The van der Waals surface area contributed by atoms with Crippen molar-refractivity contribution in [2.75, 3.05) is 0 Å². The summed E-state index contributed by atoms with van der Waals surface area (Å²) in [6, 6.07) is 4.09. The van der Waals surface area contributed by atoms with Gasteiger partial charge in [0.25, 0.3) is 0 Å². The molecule has 0 N–H and O–H groups in total. The van der Waals surface area contributed by atoms with Crippen molar-refractivity contribution in [1.82, 2.24) is 19.7 Å². The molecule has 0 aromatic carbocycles. The van der Waals surface area contributed by atoms with Crippen molar-refractivity contribution < 1.29 is 0 Å². The highest BCUT2D eigenvalue weighted by Gasteiger charge is 2.17. The largest absolute Gasteiger partial charge is 0.232 e. The third kappa shape index (κ3) is 1.27. The van der Waals surface area contributed by atoms with E-state index in [1.165, 1.54) is 16.6 Å². The Morgan fingerprint density at radius 3 is 3.06 bits per heavy atom. The van der Waals surface area contributed by atoms with Gasteiger partial charge in [0.1, 0.15) is 18.7 Å². The summed E-state index contributed by atoms with van der Waals surface area (Å²) in [7, 11) is 0. The molecule has 1 aliphatic rings. The molecule has 2 aromatic rings. The quantitative estimate of drug-likeness (QED) is 0.706. The Bertz CT molecular complexity index is 565. The summed E-state index contributed by atoms with van der Waals surface area (Å²) in [6.45, 7) is 0. The molecule has 5 nitrogen and oxygen atoms in total. The molecule has 0 unspecified atom stereocenters. The van der Waals surface area contributed by atoms with E-state index in [2.05, 4.69) is 21.1 Å². The first-order valence-corrected chi connectivity index (χ1v) is 5.16. The highest BCUT2D eigenvalue weighted by atomic mass is 15.3. The number of nitriles is 1. The Kier molecular flexibility index (Phi) is 1.93. The summed E-state index contributed by atoms with van der Waals surface area (Å²) in [5.74, 6) is 0.584. The second kappa shape index (κ2) is 3.42. The molecule has 1 aliphatic carbocycles. The number of hydrogen-bond acceptors (Lipinski definition) is 4. The molecule has 0 aliphatic heterocycles. The first kappa shape index (κ1) is 9.04. The van der Waals surface area contributed by atoms with E-state index < -0.39 is 0 Å². The molecule has 0 radical (unpaired) electrons. The Labute approximate surface area is 92.4 Å². The normalized spacial score (nSPS) is 13.4. The average molecular weight is 211 g/mol. The first-order valence-electron chi connectivity index (χ1n) is 5.16. The Morgan fingerprint density at radius 2 is 2.31 bits per heavy atom. The van der Waals surface area contributed by atoms with Gasteiger partial charge < -0.3 is 0 Å². The monoisotopic (exact) mass is 211 g/mol. The molecule has 0 atom stereocenters. The van der Waals surface area contributed by atoms with Gasteiger partial charge in [0, 0.05) is 5.69 Å². The highest BCUT2D eigenvalue weighted by molar-refractivity contribution is 5.47. The number of aromatic nitrogens is 4. The molecular weight excluding hydrogens is 202 g/mol. The number of fused-ring (bicyclic) bond motifs is 1. The third-order valence-corrected chi connectivity index (χ3v) is 2.79. The van der Waals surface area contributed by atoms with Crippen LogP contribution in [0.1, 0.15) is 23.2 Å². The van der Waals surface area contributed by atoms with Crippen molar-refractivity contribution in [3.8, 4) is 11.9 Å². The summed E-state index contributed by atoms with van der Waals surface area (Å²) >= 11 is 0. The summed E-state index contributed by atoms with van der Waals surface area (Å²) < 4.78 is 1.54. The van der Waals surface area contributed by atoms with Crippen LogP contribution in [-0.2, 0) is 12.8 Å². The molecule has 2 heterocycles. The lowest BCUT2D eigenvalue weighted by Gasteiger charge is -2.05. The number of hydrogen-bond donors (Lipinski definition) is 0. The zero-order valence-corrected chi connectivity index (χ0v) is 8.59. The fourth-order valence-electron chi connectivity index (χ4n) is 2.04. The smallest absolute Gasteiger partial charge is 0.173 e. The van der Waals surface area contributed by atoms with Crippen molar-refractivity contribution in [2.45, 2.75) is 19.3 Å². The van der Waals surface area contributed by atoms with Crippen LogP contribution in [0.25, 0.3) is 5.82 Å². The molecule has 5 heteroatoms. The second-order valence-electron chi connectivity index (χ2n) is 3.77. The van der Waals surface area contributed by atoms with E-state index in [-0.39, 0.29) is 0 Å². The summed E-state index contributed by atoms with van der Waals surface area (Å²) in [5, 5.41) is 13.1. The average Bonchev–Trinajstić information content (AvgIpc) is 2.97. The maximum absolute atomic E-state index is 9.10. The van der Waals surface area contributed by atoms with Crippen molar-refractivity contribution in [3.63, 3.8) is 0 Å². The molecule has 0 saturated heterocycles. The molecule has 0 spiro atoms. The van der Waals surface area contributed by atoms with Gasteiger partial charge in [0.15, 0.2) is 5.82 Å². The van der Waals surface area contributed by atoms with Gasteiger partial charge in [-0.3, -0.25) is 0 Å². The van der Waals surface area contributed by atoms with E-state index in [0.717, 1.165) is 25.0 Å². The molecule has 78 valence electrons. The van der Waals surface area contributed by atoms with Crippen molar-refractivity contribution in [2.24, 2.45) is 0 Å². The second-order valence-corrected chi connectivity index (χ2v) is 3.77. The lowest BCUT2D eigenvalue weighted by molar-refractivity contribution is 0.826. The zero-order chi connectivity index (χ0) is 11.0. The standard InChI is InChI=1S/C11H9N5/c12-5-9-4-8-2-1-3-10(8)15-11(9)16-7-13-6-14-16/h4,6-7H,1-3H2. The fraction of sp³-hybridized carbons (Fsp3) is 0.273. The van der Waals surface area contributed by atoms with Crippen LogP contribution < -0.4 is 0 Å². The first-order chi connectivity index (χ1) is 7.88. The van der Waals surface area contributed by atoms with Gasteiger partial charge in [0.2, 0.25) is 0 Å². The van der Waals surface area contributed by atoms with Gasteiger partial charge in [-0.15, -0.1) is 0 Å². The lowest BCUT2D eigenvalue weighted by Crippen LogP contribution is -2.04. The fourth-order valence-corrected chi connectivity index (χ4v) is 2.04. The topological polar surface area (TPSA) is 67.4 Å². The Balaban J connectivity index is 2.22. The van der Waals surface area contributed by atoms with E-state index in [9.17, 15) is 0 Å². The molecule has 3 rings (SSSR count). The molecule has 0 fully saturated rings. The summed E-state index contributed by atoms with van der Waals surface area (Å²) in [5.41, 5.74) is 2.84. The molecule has 2 aromatic heterocycles. The van der Waals surface area contributed by atoms with E-state index in [1.54, 1.807) is 6.33 Å². The van der Waals surface area contributed by atoms with Crippen LogP contribution in [0.2, 0.25) is 0 Å². The van der Waals surface area contributed by atoms with Crippen molar-refractivity contribution >= 4 is 0 Å². The minimum Gasteiger partial charge on any atom is -0.232 e. The zero-order valence-electron chi connectivity index (χ0n) is 8.59. The maximum atomic E-state index is 9.10. The minimum absolute atomic E-state index is 0.561. The number of nitrogens with zero attached hydrogens (tertiary/aromatic N) is 5. The van der Waals surface area contributed by atoms with Gasteiger partial charge in [0.05, 0.1) is 5.56 Å². The lowest BCUT2D eigenvalue weighted by atomic mass is 10.1. The van der Waals surface area contributed by atoms with Crippen LogP contribution >= 0.6 is 0 Å². The Morgan fingerprint density at radius 1 is 1.38 bits per heavy atom. The van der Waals surface area contributed by atoms with Crippen LogP contribution in [0, 0.1) is 11.3 Å². The van der Waals surface area contributed by atoms with E-state index >= 15 is 0 Å². The van der Waals surface area contributed by atoms with E-state index in [0.29, 0.717) is 11.4 Å². The van der Waals surface area contributed by atoms with Crippen LogP contribution in [0.4, 0.5) is 0 Å². The molecular formula is C11H9N5. The van der Waals surface area contributed by atoms with E-state index in [4.69, 9.17) is 5.26 Å². The number of rotatable bonds is 1. The predicted octanol–water partition coefficient (Wildman–Crippen LogP) is 1.02. The SMILES string of the molecule is N#Cc1cc2c(nc1-n1cncn1)CCC2. The summed E-state index contributed by atoms with van der Waals surface area (Å²) in [4.78, 5) is 8.37. The van der Waals surface area contributed by atoms with Gasteiger partial charge in [-0.2, -0.15) is 10.4 Å².